The number of hydrogen-bond donors (Lipinski definition) is 0. The number of rotatable bonds is 6. The van der Waals surface area contributed by atoms with Crippen molar-refractivity contribution in [1.82, 2.24) is 0 Å². The molecule has 1 nitrogen and oxygen atoms in total. The van der Waals surface area contributed by atoms with E-state index in [4.69, 9.17) is 4.74 Å². The van der Waals surface area contributed by atoms with Gasteiger partial charge in [-0.15, -0.1) is 0 Å². The molecule has 168 valence electrons. The van der Waals surface area contributed by atoms with Gasteiger partial charge < -0.3 is 4.74 Å². The van der Waals surface area contributed by atoms with E-state index in [0.717, 1.165) is 61.8 Å². The lowest BCUT2D eigenvalue weighted by Gasteiger charge is -2.38. The van der Waals surface area contributed by atoms with Gasteiger partial charge in [-0.05, 0) is 98.7 Å². The molecule has 3 heteroatoms. The first kappa shape index (κ1) is 22.1. The van der Waals surface area contributed by atoms with Crippen LogP contribution < -0.4 is 4.74 Å². The van der Waals surface area contributed by atoms with E-state index >= 15 is 0 Å². The first-order valence-electron chi connectivity index (χ1n) is 12.8. The second-order valence-corrected chi connectivity index (χ2v) is 10.3. The molecule has 1 aromatic carbocycles. The smallest absolute Gasteiger partial charge is 0.201 e. The Kier molecular flexibility index (Phi) is 7.36. The van der Waals surface area contributed by atoms with Crippen molar-refractivity contribution in [2.24, 2.45) is 17.8 Å². The minimum atomic E-state index is -0.736. The van der Waals surface area contributed by atoms with Crippen LogP contribution in [-0.4, -0.2) is 6.10 Å². The van der Waals surface area contributed by atoms with Crippen molar-refractivity contribution in [2.45, 2.75) is 116 Å². The summed E-state index contributed by atoms with van der Waals surface area (Å²) in [6.45, 7) is 4.40. The maximum absolute atomic E-state index is 15.0. The van der Waals surface area contributed by atoms with E-state index in [9.17, 15) is 8.78 Å². The van der Waals surface area contributed by atoms with E-state index in [2.05, 4.69) is 13.8 Å². The molecule has 1 aliphatic heterocycles. The van der Waals surface area contributed by atoms with Crippen molar-refractivity contribution in [2.75, 3.05) is 0 Å². The van der Waals surface area contributed by atoms with Gasteiger partial charge in [0.1, 0.15) is 0 Å². The SMILES string of the molecule is CCCC1CCc2cc(C3CCC([C@H]4CC[C@H](CCC)CC4)CC3)c(F)c(F)c2O1. The third-order valence-electron chi connectivity index (χ3n) is 8.36. The second kappa shape index (κ2) is 10.0. The van der Waals surface area contributed by atoms with Crippen LogP contribution in [0.2, 0.25) is 0 Å². The van der Waals surface area contributed by atoms with Crippen molar-refractivity contribution in [1.29, 1.82) is 0 Å². The molecule has 0 N–H and O–H groups in total. The summed E-state index contributed by atoms with van der Waals surface area (Å²) in [6.07, 6.45) is 16.3. The Morgan fingerprint density at radius 1 is 0.800 bits per heavy atom. The van der Waals surface area contributed by atoms with Gasteiger partial charge in [-0.1, -0.05) is 46.0 Å². The van der Waals surface area contributed by atoms with Gasteiger partial charge in [0.15, 0.2) is 11.6 Å². The minimum absolute atomic E-state index is 0.0325. The molecule has 0 amide bonds. The van der Waals surface area contributed by atoms with Gasteiger partial charge in [-0.3, -0.25) is 0 Å². The van der Waals surface area contributed by atoms with Gasteiger partial charge in [0.25, 0.3) is 0 Å². The fourth-order valence-corrected chi connectivity index (χ4v) is 6.62. The largest absolute Gasteiger partial charge is 0.487 e. The molecule has 0 spiro atoms. The van der Waals surface area contributed by atoms with Gasteiger partial charge in [0.2, 0.25) is 5.82 Å². The van der Waals surface area contributed by atoms with Gasteiger partial charge in [0, 0.05) is 0 Å². The topological polar surface area (TPSA) is 9.23 Å². The molecule has 0 aromatic heterocycles. The van der Waals surface area contributed by atoms with Crippen molar-refractivity contribution < 1.29 is 13.5 Å². The molecule has 4 rings (SSSR count). The molecule has 2 aliphatic carbocycles. The van der Waals surface area contributed by atoms with Gasteiger partial charge in [-0.25, -0.2) is 4.39 Å². The fraction of sp³-hybridized carbons (Fsp3) is 0.778. The van der Waals surface area contributed by atoms with Crippen LogP contribution >= 0.6 is 0 Å². The molecule has 2 fully saturated rings. The maximum Gasteiger partial charge on any atom is 0.201 e. The van der Waals surface area contributed by atoms with E-state index in [1.807, 2.05) is 6.07 Å². The number of fused-ring (bicyclic) bond motifs is 1. The van der Waals surface area contributed by atoms with Crippen molar-refractivity contribution in [3.8, 4) is 5.75 Å². The molecule has 2 saturated carbocycles. The Morgan fingerprint density at radius 2 is 1.43 bits per heavy atom. The zero-order chi connectivity index (χ0) is 21.1. The summed E-state index contributed by atoms with van der Waals surface area (Å²) in [6, 6.07) is 1.94. The maximum atomic E-state index is 15.0. The Bertz CT molecular complexity index is 699. The van der Waals surface area contributed by atoms with E-state index < -0.39 is 11.6 Å². The zero-order valence-corrected chi connectivity index (χ0v) is 19.0. The van der Waals surface area contributed by atoms with E-state index in [0.29, 0.717) is 5.56 Å². The normalized spacial score (nSPS) is 31.8. The summed E-state index contributed by atoms with van der Waals surface area (Å²) in [7, 11) is 0. The molecule has 0 bridgehead atoms. The first-order chi connectivity index (χ1) is 14.6. The molecular weight excluding hydrogens is 378 g/mol. The number of ether oxygens (including phenoxy) is 1. The number of hydrogen-bond acceptors (Lipinski definition) is 1. The standard InChI is InChI=1S/C27H40F2O/c1-3-5-18-7-9-19(10-8-18)20-11-13-21(14-12-20)24-17-22-15-16-23(6-4-2)30-27(22)26(29)25(24)28/h17-21,23H,3-16H2,1-2H3/t18-,19-,20?,21?,23?. The van der Waals surface area contributed by atoms with Crippen molar-refractivity contribution >= 4 is 0 Å². The van der Waals surface area contributed by atoms with Crippen LogP contribution in [0.25, 0.3) is 0 Å². The third kappa shape index (κ3) is 4.70. The van der Waals surface area contributed by atoms with Crippen LogP contribution in [-0.2, 0) is 6.42 Å². The lowest BCUT2D eigenvalue weighted by molar-refractivity contribution is 0.150. The number of halogens is 2. The van der Waals surface area contributed by atoms with Crippen LogP contribution in [0.1, 0.15) is 114 Å². The van der Waals surface area contributed by atoms with Crippen molar-refractivity contribution in [3.63, 3.8) is 0 Å². The third-order valence-corrected chi connectivity index (χ3v) is 8.36. The molecule has 1 unspecified atom stereocenters. The molecular formula is C27H40F2O. The van der Waals surface area contributed by atoms with Crippen LogP contribution in [0, 0.1) is 29.4 Å². The minimum Gasteiger partial charge on any atom is -0.487 e. The Hall–Kier alpha value is -1.12. The summed E-state index contributed by atoms with van der Waals surface area (Å²) in [5.41, 5.74) is 1.50. The van der Waals surface area contributed by atoms with Gasteiger partial charge in [-0.2, -0.15) is 4.39 Å². The molecule has 0 radical (unpaired) electrons. The molecule has 3 aliphatic rings. The Morgan fingerprint density at radius 3 is 2.07 bits per heavy atom. The van der Waals surface area contributed by atoms with Crippen LogP contribution in [0.15, 0.2) is 6.07 Å². The Labute approximate surface area is 182 Å². The van der Waals surface area contributed by atoms with Crippen LogP contribution in [0.4, 0.5) is 8.78 Å². The van der Waals surface area contributed by atoms with Crippen LogP contribution in [0.5, 0.6) is 5.75 Å². The van der Waals surface area contributed by atoms with Gasteiger partial charge >= 0.3 is 0 Å². The lowest BCUT2D eigenvalue weighted by atomic mass is 9.68. The van der Waals surface area contributed by atoms with E-state index in [1.165, 1.54) is 51.4 Å². The molecule has 0 saturated heterocycles. The summed E-state index contributed by atoms with van der Waals surface area (Å²) in [4.78, 5) is 0. The van der Waals surface area contributed by atoms with Gasteiger partial charge in [0.05, 0.1) is 6.10 Å². The Balaban J connectivity index is 1.38. The first-order valence-corrected chi connectivity index (χ1v) is 12.8. The monoisotopic (exact) mass is 418 g/mol. The highest BCUT2D eigenvalue weighted by Gasteiger charge is 2.34. The van der Waals surface area contributed by atoms with Crippen LogP contribution in [0.3, 0.4) is 0 Å². The van der Waals surface area contributed by atoms with E-state index in [1.54, 1.807) is 0 Å². The average Bonchev–Trinajstić information content (AvgIpc) is 2.78. The van der Waals surface area contributed by atoms with E-state index in [-0.39, 0.29) is 17.8 Å². The quantitative estimate of drug-likeness (QED) is 0.451. The molecule has 1 heterocycles. The summed E-state index contributed by atoms with van der Waals surface area (Å²) >= 11 is 0. The molecule has 1 aromatic rings. The zero-order valence-electron chi connectivity index (χ0n) is 19.0. The van der Waals surface area contributed by atoms with Crippen molar-refractivity contribution in [3.05, 3.63) is 28.8 Å². The highest BCUT2D eigenvalue weighted by molar-refractivity contribution is 5.42. The predicted octanol–water partition coefficient (Wildman–Crippen LogP) is 8.34. The highest BCUT2D eigenvalue weighted by atomic mass is 19.2. The number of benzene rings is 1. The summed E-state index contributed by atoms with van der Waals surface area (Å²) in [5, 5.41) is 0. The lowest BCUT2D eigenvalue weighted by Crippen LogP contribution is -2.26. The highest BCUT2D eigenvalue weighted by Crippen LogP contribution is 2.46. The fourth-order valence-electron chi connectivity index (χ4n) is 6.62. The predicted molar refractivity (Wildman–Crippen MR) is 119 cm³/mol. The summed E-state index contributed by atoms with van der Waals surface area (Å²) < 4.78 is 35.7. The number of aryl methyl sites for hydroxylation is 1. The summed E-state index contributed by atoms with van der Waals surface area (Å²) in [5.74, 6) is 1.60. The second-order valence-electron chi connectivity index (χ2n) is 10.3. The molecule has 1 atom stereocenters. The average molecular weight is 419 g/mol. The molecule has 30 heavy (non-hydrogen) atoms.